The maximum Gasteiger partial charge on any atom is 0.0938 e. The van der Waals surface area contributed by atoms with Gasteiger partial charge in [0.15, 0.2) is 0 Å². The summed E-state index contributed by atoms with van der Waals surface area (Å²) >= 11 is 0. The van der Waals surface area contributed by atoms with E-state index in [1.54, 1.807) is 4.90 Å². The summed E-state index contributed by atoms with van der Waals surface area (Å²) in [4.78, 5) is 21.3. The summed E-state index contributed by atoms with van der Waals surface area (Å²) in [6.45, 7) is 1.76. The van der Waals surface area contributed by atoms with Crippen molar-refractivity contribution >= 4 is 0 Å². The largest absolute Gasteiger partial charge is 0.395 e. The highest BCUT2D eigenvalue weighted by molar-refractivity contribution is 4.60. The maximum absolute atomic E-state index is 9.76. The van der Waals surface area contributed by atoms with Crippen LogP contribution in [-0.2, 0) is 0 Å². The summed E-state index contributed by atoms with van der Waals surface area (Å²) in [7, 11) is 0. The molecule has 0 aromatic heterocycles. The number of nitroso groups, excluding NO2 is 2. The van der Waals surface area contributed by atoms with E-state index in [2.05, 4.69) is 10.4 Å². The first-order valence-electron chi connectivity index (χ1n) is 3.76. The number of aliphatic hydroxyl groups is 1. The highest BCUT2D eigenvalue weighted by atomic mass is 16.3. The van der Waals surface area contributed by atoms with Crippen molar-refractivity contribution in [3.05, 3.63) is 9.81 Å². The van der Waals surface area contributed by atoms with Crippen LogP contribution in [0.4, 0.5) is 0 Å². The van der Waals surface area contributed by atoms with Gasteiger partial charge < -0.3 is 5.11 Å². The molecule has 1 N–H and O–H groups in total. The van der Waals surface area contributed by atoms with Gasteiger partial charge in [0, 0.05) is 19.6 Å². The monoisotopic (exact) mass is 175 g/mol. The molecule has 0 amide bonds. The average Bonchev–Trinajstić information content (AvgIpc) is 2.10. The first kappa shape index (κ1) is 11.1. The molecule has 0 radical (unpaired) electrons. The summed E-state index contributed by atoms with van der Waals surface area (Å²) in [6.07, 6.45) is 0. The molecule has 12 heavy (non-hydrogen) atoms. The molecule has 0 spiro atoms. The number of nitrogens with zero attached hydrogens (tertiary/aromatic N) is 3. The van der Waals surface area contributed by atoms with Crippen molar-refractivity contribution in [2.24, 2.45) is 10.4 Å². The average molecular weight is 175 g/mol. The Balaban J connectivity index is 3.52. The molecule has 70 valence electrons. The van der Waals surface area contributed by atoms with Crippen molar-refractivity contribution in [3.8, 4) is 0 Å². The Labute approximate surface area is 70.5 Å². The molecule has 0 fully saturated rings. The van der Waals surface area contributed by atoms with E-state index in [4.69, 9.17) is 5.11 Å². The fraction of sp³-hybridized carbons (Fsp3) is 1.00. The summed E-state index contributed by atoms with van der Waals surface area (Å²) in [6, 6.07) is 0. The predicted molar refractivity (Wildman–Crippen MR) is 44.8 cm³/mol. The second kappa shape index (κ2) is 8.22. The molecule has 0 unspecified atom stereocenters. The number of rotatable bonds is 8. The molecule has 0 atom stereocenters. The van der Waals surface area contributed by atoms with Crippen LogP contribution < -0.4 is 0 Å². The molecule has 0 aliphatic carbocycles. The quantitative estimate of drug-likeness (QED) is 0.518. The van der Waals surface area contributed by atoms with Gasteiger partial charge in [-0.3, -0.25) is 4.90 Å². The van der Waals surface area contributed by atoms with Crippen LogP contribution in [0.5, 0.6) is 0 Å². The van der Waals surface area contributed by atoms with E-state index < -0.39 is 0 Å². The lowest BCUT2D eigenvalue weighted by molar-refractivity contribution is 0.202. The maximum atomic E-state index is 9.76. The minimum absolute atomic E-state index is 0.0116. The first-order valence-corrected chi connectivity index (χ1v) is 3.76. The van der Waals surface area contributed by atoms with Gasteiger partial charge in [-0.25, -0.2) is 0 Å². The molecule has 0 heterocycles. The van der Waals surface area contributed by atoms with Gasteiger partial charge in [0.2, 0.25) is 0 Å². The van der Waals surface area contributed by atoms with E-state index >= 15 is 0 Å². The standard InChI is InChI=1S/C6H13N3O3/c10-6-5-9(3-1-7-11)4-2-8-12/h10H,1-6H2. The molecule has 0 aliphatic heterocycles. The van der Waals surface area contributed by atoms with E-state index in [1.165, 1.54) is 0 Å². The van der Waals surface area contributed by atoms with Crippen molar-refractivity contribution in [1.82, 2.24) is 4.90 Å². The normalized spacial score (nSPS) is 10.2. The van der Waals surface area contributed by atoms with Crippen LogP contribution in [0.25, 0.3) is 0 Å². The Bertz CT molecular complexity index is 119. The molecule has 0 saturated heterocycles. The molecule has 0 aliphatic rings. The van der Waals surface area contributed by atoms with Crippen LogP contribution in [0.3, 0.4) is 0 Å². The van der Waals surface area contributed by atoms with Crippen molar-refractivity contribution in [2.45, 2.75) is 0 Å². The predicted octanol–water partition coefficient (Wildman–Crippen LogP) is -0.186. The molecule has 0 aromatic rings. The van der Waals surface area contributed by atoms with Gasteiger partial charge in [-0.15, -0.1) is 0 Å². The first-order chi connectivity index (χ1) is 5.85. The summed E-state index contributed by atoms with van der Waals surface area (Å²) < 4.78 is 0. The lowest BCUT2D eigenvalue weighted by atomic mass is 10.4. The number of aliphatic hydroxyl groups excluding tert-OH is 1. The SMILES string of the molecule is O=NCCN(CCO)CCN=O. The lowest BCUT2D eigenvalue weighted by Crippen LogP contribution is -2.31. The van der Waals surface area contributed by atoms with Crippen LogP contribution >= 0.6 is 0 Å². The molecule has 0 saturated carbocycles. The second-order valence-corrected chi connectivity index (χ2v) is 2.27. The molecule has 0 rings (SSSR count). The zero-order valence-corrected chi connectivity index (χ0v) is 6.85. The highest BCUT2D eigenvalue weighted by Crippen LogP contribution is 1.87. The van der Waals surface area contributed by atoms with Crippen LogP contribution in [-0.4, -0.2) is 49.3 Å². The Hall–Kier alpha value is -0.880. The van der Waals surface area contributed by atoms with Gasteiger partial charge in [-0.05, 0) is 0 Å². The van der Waals surface area contributed by atoms with Crippen molar-refractivity contribution in [1.29, 1.82) is 0 Å². The molecule has 6 heteroatoms. The molecular formula is C6H13N3O3. The molecule has 0 aromatic carbocycles. The topological polar surface area (TPSA) is 82.3 Å². The van der Waals surface area contributed by atoms with Gasteiger partial charge in [-0.2, -0.15) is 9.81 Å². The van der Waals surface area contributed by atoms with E-state index in [0.29, 0.717) is 19.6 Å². The number of hydrogen-bond acceptors (Lipinski definition) is 6. The van der Waals surface area contributed by atoms with Crippen molar-refractivity contribution in [3.63, 3.8) is 0 Å². The summed E-state index contributed by atoms with van der Waals surface area (Å²) in [5, 5.41) is 13.9. The summed E-state index contributed by atoms with van der Waals surface area (Å²) in [5.41, 5.74) is 0. The van der Waals surface area contributed by atoms with Crippen molar-refractivity contribution < 1.29 is 5.11 Å². The van der Waals surface area contributed by atoms with E-state index in [0.717, 1.165) is 0 Å². The third kappa shape index (κ3) is 5.87. The third-order valence-electron chi connectivity index (χ3n) is 1.43. The van der Waals surface area contributed by atoms with Gasteiger partial charge in [0.1, 0.15) is 0 Å². The fourth-order valence-electron chi connectivity index (χ4n) is 0.841. The van der Waals surface area contributed by atoms with Crippen LogP contribution in [0.1, 0.15) is 0 Å². The zero-order chi connectivity index (χ0) is 9.23. The van der Waals surface area contributed by atoms with E-state index in [9.17, 15) is 9.81 Å². The second-order valence-electron chi connectivity index (χ2n) is 2.27. The Morgan fingerprint density at radius 3 is 1.83 bits per heavy atom. The molecule has 0 bridgehead atoms. The van der Waals surface area contributed by atoms with Gasteiger partial charge in [0.05, 0.1) is 19.7 Å². The van der Waals surface area contributed by atoms with Gasteiger partial charge >= 0.3 is 0 Å². The van der Waals surface area contributed by atoms with Crippen molar-refractivity contribution in [2.75, 3.05) is 39.3 Å². The smallest absolute Gasteiger partial charge is 0.0938 e. The van der Waals surface area contributed by atoms with Crippen LogP contribution in [0.15, 0.2) is 10.4 Å². The highest BCUT2D eigenvalue weighted by Gasteiger charge is 2.02. The number of hydrogen-bond donors (Lipinski definition) is 1. The van der Waals surface area contributed by atoms with Gasteiger partial charge in [-0.1, -0.05) is 10.4 Å². The molecule has 6 nitrogen and oxygen atoms in total. The third-order valence-corrected chi connectivity index (χ3v) is 1.43. The fourth-order valence-corrected chi connectivity index (χ4v) is 0.841. The zero-order valence-electron chi connectivity index (χ0n) is 6.85. The summed E-state index contributed by atoms with van der Waals surface area (Å²) in [5.74, 6) is 0. The van der Waals surface area contributed by atoms with Crippen LogP contribution in [0, 0.1) is 9.81 Å². The van der Waals surface area contributed by atoms with E-state index in [1.807, 2.05) is 0 Å². The Kier molecular flexibility index (Phi) is 7.62. The van der Waals surface area contributed by atoms with Gasteiger partial charge in [0.25, 0.3) is 0 Å². The van der Waals surface area contributed by atoms with E-state index in [-0.39, 0.29) is 19.7 Å². The minimum Gasteiger partial charge on any atom is -0.395 e. The minimum atomic E-state index is 0.0116. The van der Waals surface area contributed by atoms with Crippen LogP contribution in [0.2, 0.25) is 0 Å². The molecular weight excluding hydrogens is 162 g/mol. The Morgan fingerprint density at radius 2 is 1.50 bits per heavy atom. The Morgan fingerprint density at radius 1 is 1.00 bits per heavy atom. The lowest BCUT2D eigenvalue weighted by Gasteiger charge is -2.17.